The normalized spacial score (nSPS) is 22.3. The molecule has 2 atom stereocenters. The molecule has 7 nitrogen and oxygen atoms in total. The molecule has 1 fully saturated rings. The highest BCUT2D eigenvalue weighted by Gasteiger charge is 2.26. The van der Waals surface area contributed by atoms with Crippen LogP contribution in [0.15, 0.2) is 47.8 Å². The minimum atomic E-state index is -0.711. The zero-order valence-corrected chi connectivity index (χ0v) is 17.7. The van der Waals surface area contributed by atoms with Gasteiger partial charge in [0.1, 0.15) is 11.6 Å². The quantitative estimate of drug-likeness (QED) is 0.651. The predicted molar refractivity (Wildman–Crippen MR) is 117 cm³/mol. The van der Waals surface area contributed by atoms with Crippen molar-refractivity contribution in [1.29, 1.82) is 0 Å². The lowest BCUT2D eigenvalue weighted by Gasteiger charge is -2.32. The van der Waals surface area contributed by atoms with Crippen molar-refractivity contribution < 1.29 is 18.6 Å². The molecule has 1 saturated heterocycles. The second-order valence-corrected chi connectivity index (χ2v) is 8.02. The minimum absolute atomic E-state index is 0.00550. The second kappa shape index (κ2) is 9.62. The van der Waals surface area contributed by atoms with E-state index in [1.807, 2.05) is 11.0 Å². The van der Waals surface area contributed by atoms with E-state index in [2.05, 4.69) is 4.98 Å². The van der Waals surface area contributed by atoms with E-state index in [0.29, 0.717) is 37.8 Å². The number of rotatable bonds is 5. The zero-order valence-electron chi connectivity index (χ0n) is 17.7. The SMILES string of the molecule is NC1=C(/C=C(\N)c2c(F)cccc2F)CCCC1c1ccnc(N2CCO[C@H](CO)C2)n1. The molecule has 0 bridgehead atoms. The molecule has 1 aromatic heterocycles. The number of morpholine rings is 1. The topological polar surface area (TPSA) is 111 Å². The Labute approximate surface area is 185 Å². The molecule has 2 aromatic rings. The largest absolute Gasteiger partial charge is 0.401 e. The summed E-state index contributed by atoms with van der Waals surface area (Å²) in [5.41, 5.74) is 14.4. The Kier molecular flexibility index (Phi) is 6.66. The van der Waals surface area contributed by atoms with Crippen LogP contribution in [-0.4, -0.2) is 47.5 Å². The summed E-state index contributed by atoms with van der Waals surface area (Å²) in [5, 5.41) is 9.39. The van der Waals surface area contributed by atoms with Gasteiger partial charge in [-0.05, 0) is 49.1 Å². The lowest BCUT2D eigenvalue weighted by atomic mass is 9.84. The lowest BCUT2D eigenvalue weighted by molar-refractivity contribution is 0.00312. The van der Waals surface area contributed by atoms with Gasteiger partial charge in [-0.2, -0.15) is 0 Å². The summed E-state index contributed by atoms with van der Waals surface area (Å²) in [6.45, 7) is 1.57. The molecular formula is C23H27F2N5O2. The first kappa shape index (κ1) is 22.2. The van der Waals surface area contributed by atoms with Crippen molar-refractivity contribution in [2.75, 3.05) is 31.2 Å². The van der Waals surface area contributed by atoms with Crippen molar-refractivity contribution in [3.05, 3.63) is 70.7 Å². The predicted octanol–water partition coefficient (Wildman–Crippen LogP) is 2.43. The van der Waals surface area contributed by atoms with E-state index in [0.717, 1.165) is 24.1 Å². The maximum Gasteiger partial charge on any atom is 0.225 e. The van der Waals surface area contributed by atoms with Crippen LogP contribution in [0.5, 0.6) is 0 Å². The molecule has 0 amide bonds. The minimum Gasteiger partial charge on any atom is -0.401 e. The Balaban J connectivity index is 1.62. The second-order valence-electron chi connectivity index (χ2n) is 8.02. The molecule has 1 aliphatic heterocycles. The first-order chi connectivity index (χ1) is 15.5. The Hall–Kier alpha value is -3.04. The van der Waals surface area contributed by atoms with Crippen LogP contribution in [0.2, 0.25) is 0 Å². The number of ether oxygens (including phenoxy) is 1. The number of hydrogen-bond donors (Lipinski definition) is 3. The maximum atomic E-state index is 14.1. The number of nitrogens with zero attached hydrogens (tertiary/aromatic N) is 3. The average Bonchev–Trinajstić information content (AvgIpc) is 2.80. The number of aliphatic hydroxyl groups is 1. The monoisotopic (exact) mass is 443 g/mol. The number of benzene rings is 1. The number of hydrogen-bond acceptors (Lipinski definition) is 7. The van der Waals surface area contributed by atoms with Crippen LogP contribution in [0.1, 0.15) is 36.4 Å². The van der Waals surface area contributed by atoms with Crippen molar-refractivity contribution in [2.24, 2.45) is 11.5 Å². The summed E-state index contributed by atoms with van der Waals surface area (Å²) in [4.78, 5) is 11.1. The van der Waals surface area contributed by atoms with E-state index in [-0.39, 0.29) is 29.9 Å². The van der Waals surface area contributed by atoms with Gasteiger partial charge in [0, 0.05) is 36.6 Å². The molecule has 2 aliphatic rings. The molecule has 4 rings (SSSR count). The van der Waals surface area contributed by atoms with Gasteiger partial charge in [0.15, 0.2) is 0 Å². The molecule has 0 spiro atoms. The van der Waals surface area contributed by atoms with Crippen LogP contribution < -0.4 is 16.4 Å². The van der Waals surface area contributed by atoms with Gasteiger partial charge in [-0.3, -0.25) is 0 Å². The molecule has 1 aliphatic carbocycles. The van der Waals surface area contributed by atoms with Crippen molar-refractivity contribution >= 4 is 11.6 Å². The molecule has 2 heterocycles. The van der Waals surface area contributed by atoms with Crippen molar-refractivity contribution in [3.8, 4) is 0 Å². The third-order valence-corrected chi connectivity index (χ3v) is 5.91. The van der Waals surface area contributed by atoms with Gasteiger partial charge in [-0.15, -0.1) is 0 Å². The van der Waals surface area contributed by atoms with Gasteiger partial charge in [0.2, 0.25) is 5.95 Å². The van der Waals surface area contributed by atoms with E-state index in [1.165, 1.54) is 18.2 Å². The van der Waals surface area contributed by atoms with Crippen LogP contribution in [-0.2, 0) is 4.74 Å². The summed E-state index contributed by atoms with van der Waals surface area (Å²) in [7, 11) is 0. The summed E-state index contributed by atoms with van der Waals surface area (Å²) < 4.78 is 33.7. The van der Waals surface area contributed by atoms with Crippen LogP contribution in [0, 0.1) is 11.6 Å². The van der Waals surface area contributed by atoms with Crippen molar-refractivity contribution in [1.82, 2.24) is 9.97 Å². The fraction of sp³-hybridized carbons (Fsp3) is 0.391. The van der Waals surface area contributed by atoms with Gasteiger partial charge in [-0.25, -0.2) is 18.7 Å². The Morgan fingerprint density at radius 2 is 2.06 bits per heavy atom. The van der Waals surface area contributed by atoms with E-state index >= 15 is 0 Å². The van der Waals surface area contributed by atoms with Crippen LogP contribution >= 0.6 is 0 Å². The highest BCUT2D eigenvalue weighted by Crippen LogP contribution is 2.36. The van der Waals surface area contributed by atoms with Gasteiger partial charge >= 0.3 is 0 Å². The number of allylic oxidation sites excluding steroid dienone is 3. The standard InChI is InChI=1S/C23H27F2N5O2/c24-17-5-2-6-18(25)21(17)19(26)11-14-3-1-4-16(22(14)27)20-7-8-28-23(29-20)30-9-10-32-15(12-30)13-31/h2,5-8,11,15-16,31H,1,3-4,9-10,12-13,26-27H2/b19-11-/t15-,16?/m0/s1. The molecule has 170 valence electrons. The number of aromatic nitrogens is 2. The number of anilines is 1. The number of halogens is 2. The van der Waals surface area contributed by atoms with Gasteiger partial charge in [0.05, 0.1) is 30.6 Å². The van der Waals surface area contributed by atoms with Gasteiger partial charge in [0.25, 0.3) is 0 Å². The van der Waals surface area contributed by atoms with E-state index in [1.54, 1.807) is 12.3 Å². The summed E-state index contributed by atoms with van der Waals surface area (Å²) in [5.74, 6) is -1.01. The first-order valence-corrected chi connectivity index (χ1v) is 10.7. The first-order valence-electron chi connectivity index (χ1n) is 10.7. The molecule has 0 radical (unpaired) electrons. The fourth-order valence-electron chi connectivity index (χ4n) is 4.24. The zero-order chi connectivity index (χ0) is 22.7. The molecule has 5 N–H and O–H groups in total. The summed E-state index contributed by atoms with van der Waals surface area (Å²) in [6.07, 6.45) is 5.30. The lowest BCUT2D eigenvalue weighted by Crippen LogP contribution is -2.44. The van der Waals surface area contributed by atoms with E-state index < -0.39 is 11.6 Å². The Bertz CT molecular complexity index is 1020. The molecule has 1 unspecified atom stereocenters. The number of nitrogens with two attached hydrogens (primary N) is 2. The molecule has 32 heavy (non-hydrogen) atoms. The number of aliphatic hydroxyl groups excluding tert-OH is 1. The highest BCUT2D eigenvalue weighted by molar-refractivity contribution is 5.67. The average molecular weight is 443 g/mol. The van der Waals surface area contributed by atoms with Crippen LogP contribution in [0.3, 0.4) is 0 Å². The molecular weight excluding hydrogens is 416 g/mol. The van der Waals surface area contributed by atoms with Crippen molar-refractivity contribution in [2.45, 2.75) is 31.3 Å². The molecule has 9 heteroatoms. The van der Waals surface area contributed by atoms with E-state index in [4.69, 9.17) is 21.2 Å². The molecule has 0 saturated carbocycles. The van der Waals surface area contributed by atoms with Gasteiger partial charge < -0.3 is 26.2 Å². The Morgan fingerprint density at radius 3 is 2.81 bits per heavy atom. The highest BCUT2D eigenvalue weighted by atomic mass is 19.1. The summed E-state index contributed by atoms with van der Waals surface area (Å²) in [6, 6.07) is 5.49. The molecule has 1 aromatic carbocycles. The Morgan fingerprint density at radius 1 is 1.28 bits per heavy atom. The van der Waals surface area contributed by atoms with E-state index in [9.17, 15) is 13.9 Å². The fourth-order valence-corrected chi connectivity index (χ4v) is 4.24. The smallest absolute Gasteiger partial charge is 0.225 e. The maximum absolute atomic E-state index is 14.1. The summed E-state index contributed by atoms with van der Waals surface area (Å²) >= 11 is 0. The third kappa shape index (κ3) is 4.58. The van der Waals surface area contributed by atoms with Crippen molar-refractivity contribution in [3.63, 3.8) is 0 Å². The third-order valence-electron chi connectivity index (χ3n) is 5.91. The van der Waals surface area contributed by atoms with Crippen LogP contribution in [0.4, 0.5) is 14.7 Å². The van der Waals surface area contributed by atoms with Gasteiger partial charge in [-0.1, -0.05) is 6.07 Å². The van der Waals surface area contributed by atoms with Crippen LogP contribution in [0.25, 0.3) is 5.70 Å².